The van der Waals surface area contributed by atoms with Crippen LogP contribution in [0.15, 0.2) is 146 Å². The molecule has 2 unspecified atom stereocenters. The fraction of sp³-hybridized carbons (Fsp3) is 0.678. The lowest BCUT2D eigenvalue weighted by atomic mass is 10.0. The maximum Gasteiger partial charge on any atom is 0.472 e. The van der Waals surface area contributed by atoms with Gasteiger partial charge in [0, 0.05) is 25.7 Å². The van der Waals surface area contributed by atoms with Crippen molar-refractivity contribution in [1.82, 2.24) is 0 Å². The highest BCUT2D eigenvalue weighted by atomic mass is 31.2. The smallest absolute Gasteiger partial charge is 0.462 e. The summed E-state index contributed by atoms with van der Waals surface area (Å²) in [5, 5.41) is 10.6. The minimum absolute atomic E-state index is 0.0259. The SMILES string of the molecule is CC/C=C\C/C=C\C/C=C\C/C=C\C/C=C\CCCCCC(=O)O[C@H](COC(=O)CC/C=C\C/C=C\C/C=C\C/C=C\C/C=C\CCCCC)COP(=O)(O)OC[C@@H](O)COP(=O)(O)OC[C@@H](COC(=O)CCCCCCCCCCCCCCC)OC(=O)CCCCCCC/C=C\C/C=C\CCCCC. The van der Waals surface area contributed by atoms with Gasteiger partial charge in [-0.25, -0.2) is 9.13 Å². The van der Waals surface area contributed by atoms with Crippen LogP contribution in [-0.2, 0) is 65.4 Å². The quantitative estimate of drug-likeness (QED) is 0.0169. The van der Waals surface area contributed by atoms with Crippen molar-refractivity contribution in [3.8, 4) is 0 Å². The zero-order chi connectivity index (χ0) is 77.4. The molecule has 0 amide bonds. The molecule has 606 valence electrons. The minimum atomic E-state index is -5.01. The van der Waals surface area contributed by atoms with Crippen LogP contribution in [0.2, 0.25) is 0 Å². The third-order valence-corrected chi connectivity index (χ3v) is 18.7. The van der Waals surface area contributed by atoms with Crippen LogP contribution in [0.4, 0.5) is 0 Å². The van der Waals surface area contributed by atoms with Crippen molar-refractivity contribution in [2.24, 2.45) is 0 Å². The van der Waals surface area contributed by atoms with E-state index in [0.29, 0.717) is 32.1 Å². The van der Waals surface area contributed by atoms with Crippen LogP contribution in [0.5, 0.6) is 0 Å². The number of allylic oxidation sites excluding steroid dienone is 24. The van der Waals surface area contributed by atoms with Crippen LogP contribution < -0.4 is 0 Å². The Kier molecular flexibility index (Phi) is 74.3. The monoisotopic (exact) mass is 1530 g/mol. The van der Waals surface area contributed by atoms with E-state index < -0.39 is 97.5 Å². The van der Waals surface area contributed by atoms with Crippen molar-refractivity contribution in [2.45, 2.75) is 341 Å². The number of ether oxygens (including phenoxy) is 4. The molecule has 0 fully saturated rings. The molecule has 0 saturated carbocycles. The van der Waals surface area contributed by atoms with Crippen molar-refractivity contribution < 1.29 is 80.2 Å². The molecule has 0 rings (SSSR count). The summed E-state index contributed by atoms with van der Waals surface area (Å²) in [5.41, 5.74) is 0. The third kappa shape index (κ3) is 77.1. The Morgan fingerprint density at radius 3 is 0.840 bits per heavy atom. The summed E-state index contributed by atoms with van der Waals surface area (Å²) < 4.78 is 68.6. The molecule has 0 aromatic carbocycles. The van der Waals surface area contributed by atoms with Crippen molar-refractivity contribution in [3.63, 3.8) is 0 Å². The number of hydrogen-bond acceptors (Lipinski definition) is 15. The van der Waals surface area contributed by atoms with Crippen molar-refractivity contribution in [3.05, 3.63) is 146 Å². The van der Waals surface area contributed by atoms with Gasteiger partial charge in [0.2, 0.25) is 0 Å². The number of carbonyl (C=O) groups excluding carboxylic acids is 4. The zero-order valence-electron chi connectivity index (χ0n) is 66.3. The van der Waals surface area contributed by atoms with E-state index in [1.54, 1.807) is 0 Å². The van der Waals surface area contributed by atoms with Gasteiger partial charge in [-0.1, -0.05) is 302 Å². The lowest BCUT2D eigenvalue weighted by molar-refractivity contribution is -0.161. The fourth-order valence-corrected chi connectivity index (χ4v) is 12.1. The summed E-state index contributed by atoms with van der Waals surface area (Å²) in [5.74, 6) is -2.32. The van der Waals surface area contributed by atoms with Crippen LogP contribution in [0.1, 0.15) is 323 Å². The second kappa shape index (κ2) is 78.1. The second-order valence-electron chi connectivity index (χ2n) is 27.0. The zero-order valence-corrected chi connectivity index (χ0v) is 68.1. The van der Waals surface area contributed by atoms with Gasteiger partial charge in [0.1, 0.15) is 19.3 Å². The first-order valence-electron chi connectivity index (χ1n) is 41.1. The molecule has 0 radical (unpaired) electrons. The van der Waals surface area contributed by atoms with Crippen LogP contribution in [0.3, 0.4) is 0 Å². The number of phosphoric acid groups is 2. The second-order valence-corrected chi connectivity index (χ2v) is 29.9. The van der Waals surface area contributed by atoms with Gasteiger partial charge in [0.05, 0.1) is 26.4 Å². The normalized spacial score (nSPS) is 14.6. The molecule has 0 spiro atoms. The van der Waals surface area contributed by atoms with Gasteiger partial charge in [-0.05, 0) is 141 Å². The summed E-state index contributed by atoms with van der Waals surface area (Å²) in [4.78, 5) is 73.1. The van der Waals surface area contributed by atoms with E-state index in [-0.39, 0.29) is 25.7 Å². The van der Waals surface area contributed by atoms with Gasteiger partial charge in [-0.3, -0.25) is 37.3 Å². The number of aliphatic hydroxyl groups is 1. The Hall–Kier alpha value is -5.06. The molecule has 19 heteroatoms. The first kappa shape index (κ1) is 101. The van der Waals surface area contributed by atoms with Gasteiger partial charge in [0.15, 0.2) is 12.2 Å². The standard InChI is InChI=1S/C87H146O17P2/c1-5-9-13-17-21-25-29-33-36-38-40-42-45-48-52-56-60-64-68-72-85(90)98-78-83(104-87(92)74-70-66-62-58-54-50-46-43-41-39-37-34-30-26-22-18-14-10-6-2)80-102-106(95,96)100-76-81(88)75-99-105(93,94)101-79-82(77-97-84(89)71-67-63-59-55-51-47-32-28-24-20-16-12-8-4)103-86(91)73-69-65-61-57-53-49-44-35-31-27-23-19-15-11-7-3/h10,14,21-23,25-27,33-37,40-44,48,50,52,54,60,64,81-83,88H,5-9,11-13,15-20,24,28-32,38-39,45-47,49,51,53,55-59,61-63,65-80H2,1-4H3,(H,93,94)(H,95,96)/b14-10-,25-21-,26-22-,27-23-,36-33-,37-34-,42-40-,43-41-,44-35-,52-48-,54-50-,64-60-/t81-,82+,83+/m0/s1. The lowest BCUT2D eigenvalue weighted by Crippen LogP contribution is -2.30. The summed E-state index contributed by atoms with van der Waals surface area (Å²) in [6, 6.07) is 0. The Morgan fingerprint density at radius 2 is 0.509 bits per heavy atom. The Bertz CT molecular complexity index is 2580. The molecule has 106 heavy (non-hydrogen) atoms. The highest BCUT2D eigenvalue weighted by Crippen LogP contribution is 2.45. The summed E-state index contributed by atoms with van der Waals surface area (Å²) >= 11 is 0. The maximum absolute atomic E-state index is 13.1. The molecule has 0 heterocycles. The van der Waals surface area contributed by atoms with E-state index in [1.807, 2.05) is 18.2 Å². The number of hydrogen-bond donors (Lipinski definition) is 3. The Morgan fingerprint density at radius 1 is 0.274 bits per heavy atom. The lowest BCUT2D eigenvalue weighted by Gasteiger charge is -2.21. The molecule has 0 aliphatic heterocycles. The molecule has 0 saturated heterocycles. The molecule has 0 aromatic rings. The average molecular weight is 1530 g/mol. The predicted molar refractivity (Wildman–Crippen MR) is 436 cm³/mol. The van der Waals surface area contributed by atoms with Crippen molar-refractivity contribution in [2.75, 3.05) is 39.6 Å². The van der Waals surface area contributed by atoms with Gasteiger partial charge >= 0.3 is 39.5 Å². The van der Waals surface area contributed by atoms with E-state index in [2.05, 4.69) is 155 Å². The third-order valence-electron chi connectivity index (χ3n) is 16.8. The van der Waals surface area contributed by atoms with Crippen molar-refractivity contribution in [1.29, 1.82) is 0 Å². The van der Waals surface area contributed by atoms with E-state index in [9.17, 15) is 43.2 Å². The molecule has 3 N–H and O–H groups in total. The predicted octanol–water partition coefficient (Wildman–Crippen LogP) is 24.2. The maximum atomic E-state index is 13.1. The highest BCUT2D eigenvalue weighted by molar-refractivity contribution is 7.47. The summed E-state index contributed by atoms with van der Waals surface area (Å²) in [6.07, 6.45) is 89.8. The largest absolute Gasteiger partial charge is 0.472 e. The molecular weight excluding hydrogens is 1380 g/mol. The van der Waals surface area contributed by atoms with Gasteiger partial charge in [-0.15, -0.1) is 0 Å². The van der Waals surface area contributed by atoms with E-state index in [4.69, 9.17) is 37.0 Å². The van der Waals surface area contributed by atoms with Crippen molar-refractivity contribution >= 4 is 39.5 Å². The minimum Gasteiger partial charge on any atom is -0.462 e. The Labute approximate surface area is 643 Å². The first-order valence-corrected chi connectivity index (χ1v) is 44.1. The topological polar surface area (TPSA) is 237 Å². The van der Waals surface area contributed by atoms with Crippen LogP contribution in [0, 0.1) is 0 Å². The number of rotatable bonds is 76. The number of esters is 4. The van der Waals surface area contributed by atoms with Crippen LogP contribution in [-0.4, -0.2) is 96.7 Å². The molecule has 0 aliphatic rings. The number of phosphoric ester groups is 2. The number of carbonyl (C=O) groups is 4. The summed E-state index contributed by atoms with van der Waals surface area (Å²) in [6.45, 7) is 4.58. The average Bonchev–Trinajstić information content (AvgIpc) is 0.902. The molecule has 5 atom stereocenters. The van der Waals surface area contributed by atoms with E-state index >= 15 is 0 Å². The molecule has 0 bridgehead atoms. The molecule has 0 aromatic heterocycles. The molecule has 0 aliphatic carbocycles. The van der Waals surface area contributed by atoms with Gasteiger partial charge in [0.25, 0.3) is 0 Å². The van der Waals surface area contributed by atoms with Crippen LogP contribution in [0.25, 0.3) is 0 Å². The first-order chi connectivity index (χ1) is 51.7. The fourth-order valence-electron chi connectivity index (χ4n) is 10.6. The number of aliphatic hydroxyl groups excluding tert-OH is 1. The van der Waals surface area contributed by atoms with E-state index in [0.717, 1.165) is 141 Å². The van der Waals surface area contributed by atoms with Crippen LogP contribution >= 0.6 is 15.6 Å². The molecular formula is C87H146O17P2. The van der Waals surface area contributed by atoms with Gasteiger partial charge < -0.3 is 33.8 Å². The number of unbranched alkanes of at least 4 members (excludes halogenated alkanes) is 26. The summed E-state index contributed by atoms with van der Waals surface area (Å²) in [7, 11) is -10.0. The molecule has 17 nitrogen and oxygen atoms in total. The van der Waals surface area contributed by atoms with E-state index in [1.165, 1.54) is 96.3 Å². The highest BCUT2D eigenvalue weighted by Gasteiger charge is 2.30. The van der Waals surface area contributed by atoms with Gasteiger partial charge in [-0.2, -0.15) is 0 Å². The Balaban J connectivity index is 5.48.